The Hall–Kier alpha value is -1.67. The maximum absolute atomic E-state index is 12.3. The van der Waals surface area contributed by atoms with Crippen molar-refractivity contribution in [3.05, 3.63) is 22.5 Å². The highest BCUT2D eigenvalue weighted by Gasteiger charge is 2.22. The van der Waals surface area contributed by atoms with Crippen molar-refractivity contribution < 1.29 is 19.1 Å². The van der Waals surface area contributed by atoms with E-state index in [0.717, 1.165) is 25.9 Å². The molecule has 2 rings (SSSR count). The number of carbonyl (C=O) groups excluding carboxylic acids is 3. The lowest BCUT2D eigenvalue weighted by Gasteiger charge is -2.31. The Balaban J connectivity index is 1.80. The van der Waals surface area contributed by atoms with Crippen molar-refractivity contribution in [3.8, 4) is 0 Å². The second kappa shape index (κ2) is 9.50. The molecule has 1 aliphatic rings. The molecule has 1 fully saturated rings. The molecule has 0 spiro atoms. The number of carbonyl (C=O) groups is 3. The van der Waals surface area contributed by atoms with Crippen molar-refractivity contribution in [3.63, 3.8) is 0 Å². The minimum Gasteiger partial charge on any atom is -0.457 e. The fraction of sp³-hybridized carbons (Fsp3) is 0.579. The fourth-order valence-corrected chi connectivity index (χ4v) is 4.27. The number of thioether (sulfide) groups is 1. The first-order chi connectivity index (χ1) is 12.7. The number of piperidine rings is 1. The first-order valence-electron chi connectivity index (χ1n) is 9.01. The number of Topliss-reactive ketones (excluding diaryl/α,β-unsaturated/α-hetero) is 2. The van der Waals surface area contributed by atoms with E-state index >= 15 is 0 Å². The van der Waals surface area contributed by atoms with Crippen LogP contribution in [0.25, 0.3) is 0 Å². The van der Waals surface area contributed by atoms with Gasteiger partial charge in [0.25, 0.3) is 0 Å². The Bertz CT molecular complexity index is 749. The number of esters is 1. The highest BCUT2D eigenvalue weighted by Crippen LogP contribution is 2.21. The molecule has 0 aliphatic carbocycles. The molecule has 1 N–H and O–H groups in total. The van der Waals surface area contributed by atoms with E-state index in [1.54, 1.807) is 13.8 Å². The van der Waals surface area contributed by atoms with Gasteiger partial charge in [0.05, 0.1) is 11.4 Å². The van der Waals surface area contributed by atoms with Gasteiger partial charge in [0.1, 0.15) is 4.32 Å². The Morgan fingerprint density at radius 2 is 1.89 bits per heavy atom. The Morgan fingerprint density at radius 3 is 2.44 bits per heavy atom. The van der Waals surface area contributed by atoms with Crippen LogP contribution < -0.4 is 0 Å². The smallest absolute Gasteiger partial charge is 0.316 e. The van der Waals surface area contributed by atoms with Gasteiger partial charge in [0.15, 0.2) is 12.4 Å². The number of H-pyrrole nitrogens is 1. The number of nitrogens with zero attached hydrogens (tertiary/aromatic N) is 1. The molecule has 1 saturated heterocycles. The monoisotopic (exact) mass is 410 g/mol. The molecule has 0 aromatic carbocycles. The Kier molecular flexibility index (Phi) is 7.61. The van der Waals surface area contributed by atoms with E-state index in [4.69, 9.17) is 17.0 Å². The lowest BCUT2D eigenvalue weighted by atomic mass is 10.00. The minimum absolute atomic E-state index is 0.0829. The van der Waals surface area contributed by atoms with Crippen molar-refractivity contribution in [2.75, 3.05) is 25.4 Å². The van der Waals surface area contributed by atoms with Crippen LogP contribution in [0.1, 0.15) is 58.8 Å². The van der Waals surface area contributed by atoms with E-state index in [1.807, 2.05) is 0 Å². The SMILES string of the molecule is CC(=O)c1c(C)[nH]c(C(=O)COC(=O)CSC(=S)N2CCC(C)CC2)c1C. The van der Waals surface area contributed by atoms with Crippen LogP contribution in [0.5, 0.6) is 0 Å². The summed E-state index contributed by atoms with van der Waals surface area (Å²) >= 11 is 6.65. The number of aromatic nitrogens is 1. The van der Waals surface area contributed by atoms with E-state index in [1.165, 1.54) is 18.7 Å². The number of likely N-dealkylation sites (tertiary alicyclic amines) is 1. The minimum atomic E-state index is -0.478. The summed E-state index contributed by atoms with van der Waals surface area (Å²) < 4.78 is 5.79. The number of aromatic amines is 1. The van der Waals surface area contributed by atoms with Crippen molar-refractivity contribution in [1.82, 2.24) is 9.88 Å². The number of aryl methyl sites for hydroxylation is 1. The van der Waals surface area contributed by atoms with Gasteiger partial charge < -0.3 is 14.6 Å². The van der Waals surface area contributed by atoms with Gasteiger partial charge in [-0.2, -0.15) is 0 Å². The number of rotatable bonds is 6. The van der Waals surface area contributed by atoms with E-state index in [0.29, 0.717) is 32.8 Å². The van der Waals surface area contributed by atoms with Crippen LogP contribution in [0.2, 0.25) is 0 Å². The average Bonchev–Trinajstić information content (AvgIpc) is 2.92. The van der Waals surface area contributed by atoms with E-state index in [9.17, 15) is 14.4 Å². The summed E-state index contributed by atoms with van der Waals surface area (Å²) in [4.78, 5) is 40.9. The zero-order valence-corrected chi connectivity index (χ0v) is 17.8. The van der Waals surface area contributed by atoms with Gasteiger partial charge in [-0.25, -0.2) is 0 Å². The average molecular weight is 411 g/mol. The molecule has 6 nitrogen and oxygen atoms in total. The first-order valence-corrected chi connectivity index (χ1v) is 10.4. The summed E-state index contributed by atoms with van der Waals surface area (Å²) in [5.41, 5.74) is 2.07. The molecule has 0 amide bonds. The Labute approximate surface area is 169 Å². The number of thiocarbonyl (C=S) groups is 1. The van der Waals surface area contributed by atoms with E-state index in [2.05, 4.69) is 16.8 Å². The zero-order chi connectivity index (χ0) is 20.1. The van der Waals surface area contributed by atoms with Crippen LogP contribution in [0.15, 0.2) is 0 Å². The van der Waals surface area contributed by atoms with Crippen LogP contribution in [0.3, 0.4) is 0 Å². The van der Waals surface area contributed by atoms with Crippen LogP contribution in [0.4, 0.5) is 0 Å². The molecule has 1 aliphatic heterocycles. The number of hydrogen-bond donors (Lipinski definition) is 1. The summed E-state index contributed by atoms with van der Waals surface area (Å²) in [6.07, 6.45) is 2.22. The molecule has 27 heavy (non-hydrogen) atoms. The van der Waals surface area contributed by atoms with Gasteiger partial charge in [-0.15, -0.1) is 0 Å². The molecule has 1 aromatic rings. The fourth-order valence-electron chi connectivity index (χ4n) is 3.22. The predicted molar refractivity (Wildman–Crippen MR) is 111 cm³/mol. The Morgan fingerprint density at radius 1 is 1.26 bits per heavy atom. The van der Waals surface area contributed by atoms with Gasteiger partial charge in [-0.05, 0) is 45.1 Å². The quantitative estimate of drug-likeness (QED) is 0.438. The van der Waals surface area contributed by atoms with Gasteiger partial charge in [-0.3, -0.25) is 14.4 Å². The second-order valence-electron chi connectivity index (χ2n) is 6.99. The highest BCUT2D eigenvalue weighted by atomic mass is 32.2. The summed E-state index contributed by atoms with van der Waals surface area (Å²) in [6, 6.07) is 0. The molecule has 0 saturated carbocycles. The standard InChI is InChI=1S/C19H26N2O4S2/c1-11-5-7-21(8-6-11)19(26)27-10-16(24)25-9-15(23)18-12(2)17(14(4)22)13(3)20-18/h11,20H,5-10H2,1-4H3. The van der Waals surface area contributed by atoms with E-state index < -0.39 is 5.97 Å². The van der Waals surface area contributed by atoms with Crippen molar-refractivity contribution in [2.24, 2.45) is 5.92 Å². The molecule has 2 heterocycles. The summed E-state index contributed by atoms with van der Waals surface area (Å²) in [5.74, 6) is -0.134. The maximum Gasteiger partial charge on any atom is 0.316 e. The largest absolute Gasteiger partial charge is 0.457 e. The summed E-state index contributed by atoms with van der Waals surface area (Å²) in [5, 5.41) is 0. The molecular weight excluding hydrogens is 384 g/mol. The third-order valence-corrected chi connectivity index (χ3v) is 6.28. The van der Waals surface area contributed by atoms with Crippen LogP contribution in [-0.4, -0.2) is 57.2 Å². The molecule has 0 bridgehead atoms. The van der Waals surface area contributed by atoms with Crippen molar-refractivity contribution >= 4 is 45.8 Å². The van der Waals surface area contributed by atoms with Crippen LogP contribution in [-0.2, 0) is 9.53 Å². The summed E-state index contributed by atoms with van der Waals surface area (Å²) in [7, 11) is 0. The third kappa shape index (κ3) is 5.65. The van der Waals surface area contributed by atoms with Crippen LogP contribution >= 0.6 is 24.0 Å². The van der Waals surface area contributed by atoms with Crippen LogP contribution in [0, 0.1) is 19.8 Å². The highest BCUT2D eigenvalue weighted by molar-refractivity contribution is 8.23. The number of hydrogen-bond acceptors (Lipinski definition) is 6. The number of nitrogens with one attached hydrogen (secondary N) is 1. The summed E-state index contributed by atoms with van der Waals surface area (Å²) in [6.45, 7) is 8.63. The van der Waals surface area contributed by atoms with E-state index in [-0.39, 0.29) is 23.9 Å². The predicted octanol–water partition coefficient (Wildman–Crippen LogP) is 3.31. The molecule has 8 heteroatoms. The van der Waals surface area contributed by atoms with Gasteiger partial charge in [0.2, 0.25) is 5.78 Å². The number of ketones is 2. The van der Waals surface area contributed by atoms with Gasteiger partial charge in [0, 0.05) is 24.3 Å². The zero-order valence-electron chi connectivity index (χ0n) is 16.2. The third-order valence-electron chi connectivity index (χ3n) is 4.79. The lowest BCUT2D eigenvalue weighted by Crippen LogP contribution is -2.35. The molecule has 1 aromatic heterocycles. The number of ether oxygens (including phenoxy) is 1. The van der Waals surface area contributed by atoms with Gasteiger partial charge >= 0.3 is 5.97 Å². The molecular formula is C19H26N2O4S2. The van der Waals surface area contributed by atoms with Crippen molar-refractivity contribution in [1.29, 1.82) is 0 Å². The molecule has 0 unspecified atom stereocenters. The molecule has 0 radical (unpaired) electrons. The molecule has 0 atom stereocenters. The van der Waals surface area contributed by atoms with Crippen molar-refractivity contribution in [2.45, 2.75) is 40.5 Å². The lowest BCUT2D eigenvalue weighted by molar-refractivity contribution is -0.139. The normalized spacial score (nSPS) is 14.9. The first kappa shape index (κ1) is 21.6. The maximum atomic E-state index is 12.3. The van der Waals surface area contributed by atoms with Gasteiger partial charge in [-0.1, -0.05) is 30.9 Å². The second-order valence-corrected chi connectivity index (χ2v) is 8.60. The molecule has 148 valence electrons. The topological polar surface area (TPSA) is 79.5 Å².